The van der Waals surface area contributed by atoms with Crippen LogP contribution in [-0.4, -0.2) is 28.7 Å². The summed E-state index contributed by atoms with van der Waals surface area (Å²) in [5, 5.41) is 0.419. The number of hydrogen-bond acceptors (Lipinski definition) is 5. The Bertz CT molecular complexity index is 1200. The SMILES string of the molecule is CCOCCn1c(=NC(=O)c2nc3ccccc3s2)sc2c(C)cc(C)cc21. The Hall–Kier alpha value is -2.35. The third-order valence-electron chi connectivity index (χ3n) is 4.45. The van der Waals surface area contributed by atoms with E-state index in [-0.39, 0.29) is 5.91 Å². The molecule has 2 heterocycles. The van der Waals surface area contributed by atoms with Gasteiger partial charge in [0.15, 0.2) is 9.81 Å². The first-order valence-corrected chi connectivity index (χ1v) is 10.8. The van der Waals surface area contributed by atoms with Crippen LogP contribution in [0.5, 0.6) is 0 Å². The first-order valence-electron chi connectivity index (χ1n) is 9.19. The molecule has 5 nitrogen and oxygen atoms in total. The molecular formula is C21H21N3O2S2. The first kappa shape index (κ1) is 19.0. The summed E-state index contributed by atoms with van der Waals surface area (Å²) in [4.78, 5) is 22.4. The molecule has 4 rings (SSSR count). The van der Waals surface area contributed by atoms with Gasteiger partial charge in [-0.2, -0.15) is 4.99 Å². The Labute approximate surface area is 171 Å². The zero-order valence-electron chi connectivity index (χ0n) is 16.1. The molecule has 4 aromatic rings. The third-order valence-corrected chi connectivity index (χ3v) is 6.71. The lowest BCUT2D eigenvalue weighted by atomic mass is 10.1. The molecule has 2 aromatic carbocycles. The van der Waals surface area contributed by atoms with Crippen LogP contribution in [0.15, 0.2) is 41.4 Å². The van der Waals surface area contributed by atoms with E-state index < -0.39 is 0 Å². The summed E-state index contributed by atoms with van der Waals surface area (Å²) < 4.78 is 9.78. The van der Waals surface area contributed by atoms with Gasteiger partial charge in [0.25, 0.3) is 0 Å². The minimum atomic E-state index is -0.299. The van der Waals surface area contributed by atoms with Crippen molar-refractivity contribution in [1.82, 2.24) is 9.55 Å². The van der Waals surface area contributed by atoms with E-state index in [1.165, 1.54) is 22.5 Å². The predicted molar refractivity (Wildman–Crippen MR) is 115 cm³/mol. The van der Waals surface area contributed by atoms with Crippen molar-refractivity contribution in [3.8, 4) is 0 Å². The maximum Gasteiger partial charge on any atom is 0.308 e. The summed E-state index contributed by atoms with van der Waals surface area (Å²) in [6, 6.07) is 12.1. The number of aromatic nitrogens is 2. The summed E-state index contributed by atoms with van der Waals surface area (Å²) in [7, 11) is 0. The summed E-state index contributed by atoms with van der Waals surface area (Å²) in [6.45, 7) is 8.06. The molecule has 0 atom stereocenters. The highest BCUT2D eigenvalue weighted by Crippen LogP contribution is 2.24. The van der Waals surface area contributed by atoms with Gasteiger partial charge in [0.05, 0.1) is 27.0 Å². The number of hydrogen-bond donors (Lipinski definition) is 0. The molecule has 0 aliphatic carbocycles. The number of carbonyl (C=O) groups excluding carboxylic acids is 1. The van der Waals surface area contributed by atoms with Gasteiger partial charge in [0, 0.05) is 13.2 Å². The molecular weight excluding hydrogens is 390 g/mol. The van der Waals surface area contributed by atoms with E-state index in [1.54, 1.807) is 11.3 Å². The molecule has 0 aliphatic heterocycles. The van der Waals surface area contributed by atoms with Gasteiger partial charge in [-0.25, -0.2) is 4.98 Å². The van der Waals surface area contributed by atoms with Gasteiger partial charge in [-0.1, -0.05) is 29.5 Å². The maximum absolute atomic E-state index is 12.8. The van der Waals surface area contributed by atoms with E-state index in [0.29, 0.717) is 29.6 Å². The normalized spacial score (nSPS) is 12.3. The number of rotatable bonds is 5. The second-order valence-corrected chi connectivity index (χ2v) is 8.58. The molecule has 1 amide bonds. The van der Waals surface area contributed by atoms with Crippen LogP contribution in [0.2, 0.25) is 0 Å². The van der Waals surface area contributed by atoms with Crippen molar-refractivity contribution in [2.45, 2.75) is 27.3 Å². The molecule has 7 heteroatoms. The Balaban J connectivity index is 1.82. The van der Waals surface area contributed by atoms with E-state index in [9.17, 15) is 4.79 Å². The number of benzene rings is 2. The van der Waals surface area contributed by atoms with Gasteiger partial charge in [-0.15, -0.1) is 11.3 Å². The fraction of sp³-hybridized carbons (Fsp3) is 0.286. The van der Waals surface area contributed by atoms with E-state index in [1.807, 2.05) is 31.2 Å². The van der Waals surface area contributed by atoms with Gasteiger partial charge in [0.1, 0.15) is 0 Å². The molecule has 0 saturated carbocycles. The minimum Gasteiger partial charge on any atom is -0.380 e. The summed E-state index contributed by atoms with van der Waals surface area (Å²) in [5.74, 6) is -0.299. The number of thiazole rings is 2. The second-order valence-electron chi connectivity index (χ2n) is 6.57. The largest absolute Gasteiger partial charge is 0.380 e. The van der Waals surface area contributed by atoms with Crippen LogP contribution in [0.4, 0.5) is 0 Å². The van der Waals surface area contributed by atoms with Gasteiger partial charge in [-0.3, -0.25) is 4.79 Å². The molecule has 144 valence electrons. The van der Waals surface area contributed by atoms with Gasteiger partial charge in [-0.05, 0) is 50.1 Å². The fourth-order valence-electron chi connectivity index (χ4n) is 3.21. The van der Waals surface area contributed by atoms with Crippen LogP contribution in [-0.2, 0) is 11.3 Å². The van der Waals surface area contributed by atoms with Crippen LogP contribution < -0.4 is 4.80 Å². The van der Waals surface area contributed by atoms with Crippen molar-refractivity contribution in [1.29, 1.82) is 0 Å². The van der Waals surface area contributed by atoms with E-state index in [4.69, 9.17) is 4.74 Å². The van der Waals surface area contributed by atoms with Crippen LogP contribution in [0, 0.1) is 13.8 Å². The average molecular weight is 412 g/mol. The minimum absolute atomic E-state index is 0.299. The van der Waals surface area contributed by atoms with Crippen molar-refractivity contribution in [3.63, 3.8) is 0 Å². The molecule has 0 unspecified atom stereocenters. The van der Waals surface area contributed by atoms with Crippen molar-refractivity contribution in [2.24, 2.45) is 4.99 Å². The topological polar surface area (TPSA) is 56.5 Å². The number of carbonyl (C=O) groups is 1. The molecule has 0 spiro atoms. The summed E-state index contributed by atoms with van der Waals surface area (Å²) in [6.07, 6.45) is 0. The Morgan fingerprint density at radius 3 is 2.82 bits per heavy atom. The molecule has 0 aliphatic rings. The number of ether oxygens (including phenoxy) is 1. The van der Waals surface area contributed by atoms with Crippen molar-refractivity contribution < 1.29 is 9.53 Å². The zero-order chi connectivity index (χ0) is 19.7. The Morgan fingerprint density at radius 1 is 1.21 bits per heavy atom. The smallest absolute Gasteiger partial charge is 0.308 e. The highest BCUT2D eigenvalue weighted by atomic mass is 32.1. The lowest BCUT2D eigenvalue weighted by molar-refractivity contribution is 0.0996. The average Bonchev–Trinajstić information content (AvgIpc) is 3.24. The first-order chi connectivity index (χ1) is 13.6. The van der Waals surface area contributed by atoms with Crippen molar-refractivity contribution in [2.75, 3.05) is 13.2 Å². The number of amides is 1. The third kappa shape index (κ3) is 3.65. The van der Waals surface area contributed by atoms with E-state index in [2.05, 4.69) is 40.5 Å². The van der Waals surface area contributed by atoms with Crippen molar-refractivity contribution in [3.05, 3.63) is 57.3 Å². The maximum atomic E-state index is 12.8. The lowest BCUT2D eigenvalue weighted by Crippen LogP contribution is -2.19. The summed E-state index contributed by atoms with van der Waals surface area (Å²) in [5.41, 5.74) is 4.31. The molecule has 0 fully saturated rings. The zero-order valence-corrected chi connectivity index (χ0v) is 17.7. The van der Waals surface area contributed by atoms with Crippen LogP contribution in [0.25, 0.3) is 20.4 Å². The van der Waals surface area contributed by atoms with Gasteiger partial charge < -0.3 is 9.30 Å². The standard InChI is InChI=1S/C21H21N3O2S2/c1-4-26-10-9-24-16-12-13(2)11-14(3)18(16)28-21(24)23-19(25)20-22-15-7-5-6-8-17(15)27-20/h5-8,11-12H,4,9-10H2,1-3H3. The van der Waals surface area contributed by atoms with Gasteiger partial charge in [0.2, 0.25) is 0 Å². The number of para-hydroxylation sites is 1. The van der Waals surface area contributed by atoms with E-state index >= 15 is 0 Å². The fourth-order valence-corrected chi connectivity index (χ4v) is 5.17. The number of aryl methyl sites for hydroxylation is 2. The Kier molecular flexibility index (Phi) is 5.39. The van der Waals surface area contributed by atoms with Gasteiger partial charge >= 0.3 is 5.91 Å². The molecule has 0 saturated heterocycles. The van der Waals surface area contributed by atoms with Crippen LogP contribution in [0.3, 0.4) is 0 Å². The number of fused-ring (bicyclic) bond motifs is 2. The predicted octanol–water partition coefficient (Wildman–Crippen LogP) is 4.71. The summed E-state index contributed by atoms with van der Waals surface area (Å²) >= 11 is 2.92. The number of nitrogens with zero attached hydrogens (tertiary/aromatic N) is 3. The van der Waals surface area contributed by atoms with E-state index in [0.717, 1.165) is 20.4 Å². The lowest BCUT2D eigenvalue weighted by Gasteiger charge is -2.06. The highest BCUT2D eigenvalue weighted by Gasteiger charge is 2.14. The molecule has 28 heavy (non-hydrogen) atoms. The monoisotopic (exact) mass is 411 g/mol. The van der Waals surface area contributed by atoms with Crippen LogP contribution >= 0.6 is 22.7 Å². The highest BCUT2D eigenvalue weighted by molar-refractivity contribution is 7.20. The quantitative estimate of drug-likeness (QED) is 0.447. The molecule has 0 bridgehead atoms. The Morgan fingerprint density at radius 2 is 2.04 bits per heavy atom. The van der Waals surface area contributed by atoms with Crippen molar-refractivity contribution >= 4 is 49.0 Å². The molecule has 0 N–H and O–H groups in total. The second kappa shape index (κ2) is 7.95. The van der Waals surface area contributed by atoms with Crippen LogP contribution in [0.1, 0.15) is 27.9 Å². The molecule has 0 radical (unpaired) electrons. The molecule has 2 aromatic heterocycles.